The predicted octanol–water partition coefficient (Wildman–Crippen LogP) is 1.65. The average molecular weight is 287 g/mol. The van der Waals surface area contributed by atoms with Crippen molar-refractivity contribution in [3.63, 3.8) is 0 Å². The van der Waals surface area contributed by atoms with Crippen LogP contribution >= 0.6 is 0 Å². The lowest BCUT2D eigenvalue weighted by molar-refractivity contribution is -0.0369. The van der Waals surface area contributed by atoms with Crippen molar-refractivity contribution >= 4 is 9.84 Å². The summed E-state index contributed by atoms with van der Waals surface area (Å²) in [5, 5.41) is 3.46. The van der Waals surface area contributed by atoms with Crippen molar-refractivity contribution in [1.82, 2.24) is 5.32 Å². The van der Waals surface area contributed by atoms with Crippen LogP contribution in [0.4, 0.5) is 0 Å². The molecular weight excluding hydrogens is 262 g/mol. The molecule has 2 atom stereocenters. The molecule has 3 aliphatic rings. The van der Waals surface area contributed by atoms with Crippen molar-refractivity contribution < 1.29 is 13.2 Å². The Hall–Kier alpha value is -0.130. The van der Waals surface area contributed by atoms with E-state index in [1.54, 1.807) is 0 Å². The zero-order valence-electron chi connectivity index (χ0n) is 11.8. The first kappa shape index (κ1) is 13.8. The molecule has 1 saturated carbocycles. The molecule has 2 unspecified atom stereocenters. The van der Waals surface area contributed by atoms with Gasteiger partial charge in [-0.2, -0.15) is 0 Å². The van der Waals surface area contributed by atoms with Crippen LogP contribution in [0.5, 0.6) is 0 Å². The first-order valence-electron chi connectivity index (χ1n) is 7.54. The molecule has 1 spiro atoms. The van der Waals surface area contributed by atoms with Gasteiger partial charge in [0.2, 0.25) is 0 Å². The van der Waals surface area contributed by atoms with Crippen molar-refractivity contribution in [3.8, 4) is 0 Å². The quantitative estimate of drug-likeness (QED) is 0.857. The Kier molecular flexibility index (Phi) is 3.43. The minimum atomic E-state index is -2.83. The van der Waals surface area contributed by atoms with Crippen molar-refractivity contribution in [3.05, 3.63) is 0 Å². The second kappa shape index (κ2) is 4.71. The lowest BCUT2D eigenvalue weighted by atomic mass is 9.98. The van der Waals surface area contributed by atoms with Gasteiger partial charge in [0.1, 0.15) is 0 Å². The fraction of sp³-hybridized carbons (Fsp3) is 1.00. The van der Waals surface area contributed by atoms with E-state index in [1.165, 1.54) is 32.1 Å². The first-order valence-corrected chi connectivity index (χ1v) is 9.36. The highest BCUT2D eigenvalue weighted by Gasteiger charge is 2.43. The highest BCUT2D eigenvalue weighted by atomic mass is 32.2. The molecule has 0 aromatic heterocycles. The van der Waals surface area contributed by atoms with Crippen molar-refractivity contribution in [2.75, 3.05) is 18.1 Å². The summed E-state index contributed by atoms with van der Waals surface area (Å²) < 4.78 is 29.4. The maximum atomic E-state index is 11.6. The van der Waals surface area contributed by atoms with Gasteiger partial charge in [-0.1, -0.05) is 12.8 Å². The van der Waals surface area contributed by atoms with Crippen molar-refractivity contribution in [2.45, 2.75) is 69.1 Å². The molecule has 0 bridgehead atoms. The van der Waals surface area contributed by atoms with Crippen molar-refractivity contribution in [2.24, 2.45) is 0 Å². The highest BCUT2D eigenvalue weighted by Crippen LogP contribution is 2.43. The Labute approximate surface area is 116 Å². The zero-order chi connectivity index (χ0) is 13.6. The molecule has 4 nitrogen and oxygen atoms in total. The molecular formula is C14H25NO3S. The molecule has 110 valence electrons. The lowest BCUT2D eigenvalue weighted by Crippen LogP contribution is -2.47. The Morgan fingerprint density at radius 3 is 2.58 bits per heavy atom. The van der Waals surface area contributed by atoms with Gasteiger partial charge in [-0.3, -0.25) is 0 Å². The minimum absolute atomic E-state index is 0.176. The van der Waals surface area contributed by atoms with Gasteiger partial charge >= 0.3 is 0 Å². The molecule has 0 amide bonds. The predicted molar refractivity (Wildman–Crippen MR) is 75.0 cm³/mol. The van der Waals surface area contributed by atoms with E-state index in [0.29, 0.717) is 5.75 Å². The summed E-state index contributed by atoms with van der Waals surface area (Å²) in [5.74, 6) is 0.601. The summed E-state index contributed by atoms with van der Waals surface area (Å²) in [5.41, 5.74) is -0.0668. The lowest BCUT2D eigenvalue weighted by Gasteiger charge is -2.28. The van der Waals surface area contributed by atoms with E-state index in [-0.39, 0.29) is 23.0 Å². The molecule has 3 fully saturated rings. The molecule has 2 aliphatic heterocycles. The Morgan fingerprint density at radius 1 is 1.21 bits per heavy atom. The smallest absolute Gasteiger partial charge is 0.152 e. The standard InChI is InChI=1S/C14H25NO3S/c1-13(8-9-19(16,17)11-13)15-10-12-4-7-14(18-12)5-2-3-6-14/h12,15H,2-11H2,1H3. The number of hydrogen-bond donors (Lipinski definition) is 1. The number of ether oxygens (including phenoxy) is 1. The van der Waals surface area contributed by atoms with Crippen LogP contribution in [0.25, 0.3) is 0 Å². The van der Waals surface area contributed by atoms with Crippen LogP contribution in [0.2, 0.25) is 0 Å². The third-order valence-electron chi connectivity index (χ3n) is 5.11. The third-order valence-corrected chi connectivity index (χ3v) is 7.02. The van der Waals surface area contributed by atoms with Gasteiger partial charge in [0.25, 0.3) is 0 Å². The monoisotopic (exact) mass is 287 g/mol. The molecule has 2 heterocycles. The van der Waals surface area contributed by atoms with E-state index in [9.17, 15) is 8.42 Å². The molecule has 19 heavy (non-hydrogen) atoms. The molecule has 0 radical (unpaired) electrons. The molecule has 2 saturated heterocycles. The van der Waals surface area contributed by atoms with Crippen LogP contribution < -0.4 is 5.32 Å². The molecule has 3 rings (SSSR count). The highest BCUT2D eigenvalue weighted by molar-refractivity contribution is 7.91. The van der Waals surface area contributed by atoms with Crippen LogP contribution in [0, 0.1) is 0 Å². The fourth-order valence-corrected chi connectivity index (χ4v) is 6.06. The number of sulfone groups is 1. The molecule has 1 N–H and O–H groups in total. The molecule has 1 aliphatic carbocycles. The Balaban J connectivity index is 1.51. The summed E-state index contributed by atoms with van der Waals surface area (Å²) in [6, 6.07) is 0. The van der Waals surface area contributed by atoms with Crippen LogP contribution in [0.3, 0.4) is 0 Å². The van der Waals surface area contributed by atoms with Gasteiger partial charge in [0.15, 0.2) is 9.84 Å². The van der Waals surface area contributed by atoms with Crippen LogP contribution in [0.15, 0.2) is 0 Å². The maximum absolute atomic E-state index is 11.6. The summed E-state index contributed by atoms with van der Waals surface area (Å²) in [6.45, 7) is 2.83. The number of nitrogens with one attached hydrogen (secondary N) is 1. The van der Waals surface area contributed by atoms with E-state index in [0.717, 1.165) is 19.4 Å². The molecule has 5 heteroatoms. The van der Waals surface area contributed by atoms with Crippen LogP contribution in [-0.2, 0) is 14.6 Å². The largest absolute Gasteiger partial charge is 0.370 e. The summed E-state index contributed by atoms with van der Waals surface area (Å²) in [4.78, 5) is 0. The van der Waals surface area contributed by atoms with Crippen LogP contribution in [-0.4, -0.2) is 43.7 Å². The van der Waals surface area contributed by atoms with E-state index in [4.69, 9.17) is 4.74 Å². The number of rotatable bonds is 3. The minimum Gasteiger partial charge on any atom is -0.370 e. The van der Waals surface area contributed by atoms with Gasteiger partial charge in [0, 0.05) is 12.1 Å². The fourth-order valence-electron chi connectivity index (χ4n) is 3.94. The van der Waals surface area contributed by atoms with E-state index in [1.807, 2.05) is 6.92 Å². The second-order valence-electron chi connectivity index (χ2n) is 6.95. The maximum Gasteiger partial charge on any atom is 0.152 e. The van der Waals surface area contributed by atoms with E-state index < -0.39 is 9.84 Å². The van der Waals surface area contributed by atoms with E-state index >= 15 is 0 Å². The van der Waals surface area contributed by atoms with E-state index in [2.05, 4.69) is 5.32 Å². The van der Waals surface area contributed by atoms with Gasteiger partial charge in [-0.05, 0) is 39.0 Å². The second-order valence-corrected chi connectivity index (χ2v) is 9.14. The Bertz CT molecular complexity index is 442. The van der Waals surface area contributed by atoms with Crippen molar-refractivity contribution in [1.29, 1.82) is 0 Å². The van der Waals surface area contributed by atoms with Gasteiger partial charge in [-0.25, -0.2) is 8.42 Å². The third kappa shape index (κ3) is 2.98. The summed E-state index contributed by atoms with van der Waals surface area (Å²) >= 11 is 0. The summed E-state index contributed by atoms with van der Waals surface area (Å²) in [7, 11) is -2.83. The number of hydrogen-bond acceptors (Lipinski definition) is 4. The zero-order valence-corrected chi connectivity index (χ0v) is 12.6. The topological polar surface area (TPSA) is 55.4 Å². The SMILES string of the molecule is CC1(NCC2CCC3(CCCC3)O2)CCS(=O)(=O)C1. The first-order chi connectivity index (χ1) is 8.91. The van der Waals surface area contributed by atoms with Crippen LogP contribution in [0.1, 0.15) is 51.9 Å². The van der Waals surface area contributed by atoms with Gasteiger partial charge in [-0.15, -0.1) is 0 Å². The Morgan fingerprint density at radius 2 is 1.95 bits per heavy atom. The molecule has 0 aromatic carbocycles. The summed E-state index contributed by atoms with van der Waals surface area (Å²) in [6.07, 6.45) is 8.35. The normalized spacial score (nSPS) is 40.2. The van der Waals surface area contributed by atoms with Gasteiger partial charge in [0.05, 0.1) is 23.2 Å². The molecule has 0 aromatic rings. The van der Waals surface area contributed by atoms with Gasteiger partial charge < -0.3 is 10.1 Å². The average Bonchev–Trinajstić information content (AvgIpc) is 3.01.